The monoisotopic (exact) mass is 293 g/mol. The van der Waals surface area contributed by atoms with E-state index >= 15 is 0 Å². The topological polar surface area (TPSA) is 73.7 Å². The van der Waals surface area contributed by atoms with E-state index in [1.54, 1.807) is 4.90 Å². The number of rotatable bonds is 2. The maximum absolute atomic E-state index is 13.4. The molecule has 7 heteroatoms. The summed E-state index contributed by atoms with van der Waals surface area (Å²) in [5.41, 5.74) is 0.274. The Morgan fingerprint density at radius 3 is 2.76 bits per heavy atom. The van der Waals surface area contributed by atoms with Crippen LogP contribution in [0, 0.1) is 0 Å². The third-order valence-corrected chi connectivity index (χ3v) is 4.08. The molecule has 1 aromatic heterocycles. The van der Waals surface area contributed by atoms with E-state index in [0.717, 1.165) is 0 Å². The lowest BCUT2D eigenvalue weighted by molar-refractivity contribution is 0.0563. The van der Waals surface area contributed by atoms with E-state index in [0.29, 0.717) is 32.6 Å². The predicted molar refractivity (Wildman–Crippen MR) is 72.0 cm³/mol. The largest absolute Gasteiger partial charge is 0.478 e. The molecule has 1 N–H and O–H groups in total. The van der Waals surface area contributed by atoms with Crippen LogP contribution in [0.1, 0.15) is 27.3 Å². The summed E-state index contributed by atoms with van der Waals surface area (Å²) < 4.78 is 13.4. The summed E-state index contributed by atoms with van der Waals surface area (Å²) in [7, 11) is 0. The second-order valence-electron chi connectivity index (χ2n) is 5.47. The van der Waals surface area contributed by atoms with Gasteiger partial charge in [0.05, 0.1) is 5.56 Å². The van der Waals surface area contributed by atoms with Crippen LogP contribution in [0.4, 0.5) is 4.39 Å². The van der Waals surface area contributed by atoms with Crippen LogP contribution < -0.4 is 0 Å². The van der Waals surface area contributed by atoms with Crippen LogP contribution >= 0.6 is 0 Å². The van der Waals surface area contributed by atoms with Gasteiger partial charge in [-0.25, -0.2) is 9.18 Å². The molecule has 0 aliphatic carbocycles. The third kappa shape index (κ3) is 2.73. The van der Waals surface area contributed by atoms with E-state index in [-0.39, 0.29) is 23.2 Å². The molecule has 1 aromatic rings. The number of carbonyl (C=O) groups is 2. The zero-order valence-electron chi connectivity index (χ0n) is 11.4. The number of hydrogen-bond donors (Lipinski definition) is 1. The first-order chi connectivity index (χ1) is 10.0. The summed E-state index contributed by atoms with van der Waals surface area (Å²) in [6.45, 7) is 2.17. The molecule has 0 bridgehead atoms. The van der Waals surface area contributed by atoms with Crippen LogP contribution in [0.15, 0.2) is 18.3 Å². The van der Waals surface area contributed by atoms with Crippen molar-refractivity contribution in [1.29, 1.82) is 0 Å². The van der Waals surface area contributed by atoms with Gasteiger partial charge in [-0.3, -0.25) is 14.7 Å². The molecule has 2 atom stereocenters. The second-order valence-corrected chi connectivity index (χ2v) is 5.47. The Labute approximate surface area is 121 Å². The van der Waals surface area contributed by atoms with E-state index in [9.17, 15) is 14.0 Å². The van der Waals surface area contributed by atoms with E-state index in [1.807, 2.05) is 0 Å². The minimum Gasteiger partial charge on any atom is -0.478 e. The molecule has 3 heterocycles. The van der Waals surface area contributed by atoms with E-state index in [2.05, 4.69) is 9.88 Å². The molecule has 0 radical (unpaired) electrons. The average Bonchev–Trinajstić information content (AvgIpc) is 2.85. The lowest BCUT2D eigenvalue weighted by atomic mass is 10.1. The number of amides is 1. The molecule has 2 saturated heterocycles. The molecule has 0 unspecified atom stereocenters. The maximum atomic E-state index is 13.4. The highest BCUT2D eigenvalue weighted by atomic mass is 19.1. The summed E-state index contributed by atoms with van der Waals surface area (Å²) in [5, 5.41) is 8.81. The molecule has 0 saturated carbocycles. The van der Waals surface area contributed by atoms with Crippen LogP contribution in [-0.4, -0.2) is 70.2 Å². The number of carbonyl (C=O) groups excluding carboxylic acids is 1. The summed E-state index contributed by atoms with van der Waals surface area (Å²) in [6, 6.07) is 2.87. The molecule has 0 spiro atoms. The van der Waals surface area contributed by atoms with Gasteiger partial charge in [-0.05, 0) is 18.6 Å². The van der Waals surface area contributed by atoms with Crippen LogP contribution in [0.25, 0.3) is 0 Å². The number of aromatic carboxylic acids is 1. The van der Waals surface area contributed by atoms with Crippen molar-refractivity contribution in [3.63, 3.8) is 0 Å². The van der Waals surface area contributed by atoms with Crippen molar-refractivity contribution in [3.05, 3.63) is 29.6 Å². The Hall–Kier alpha value is -2.02. The number of nitrogens with zero attached hydrogens (tertiary/aromatic N) is 3. The highest BCUT2D eigenvalue weighted by Crippen LogP contribution is 2.24. The maximum Gasteiger partial charge on any atom is 0.337 e. The molecule has 2 fully saturated rings. The molecule has 112 valence electrons. The number of piperazine rings is 1. The first-order valence-corrected chi connectivity index (χ1v) is 6.91. The van der Waals surface area contributed by atoms with Gasteiger partial charge in [0, 0.05) is 38.4 Å². The molecular formula is C14H16FN3O3. The van der Waals surface area contributed by atoms with Gasteiger partial charge >= 0.3 is 5.97 Å². The fourth-order valence-corrected chi connectivity index (χ4v) is 2.97. The van der Waals surface area contributed by atoms with Gasteiger partial charge in [-0.15, -0.1) is 0 Å². The molecule has 3 rings (SSSR count). The number of halogens is 1. The van der Waals surface area contributed by atoms with Crippen LogP contribution in [0.3, 0.4) is 0 Å². The predicted octanol–water partition coefficient (Wildman–Crippen LogP) is 0.648. The van der Waals surface area contributed by atoms with Crippen LogP contribution in [0.5, 0.6) is 0 Å². The number of aromatic nitrogens is 1. The Balaban J connectivity index is 1.69. The Kier molecular flexibility index (Phi) is 3.59. The fourth-order valence-electron chi connectivity index (χ4n) is 2.97. The first kappa shape index (κ1) is 13.9. The van der Waals surface area contributed by atoms with E-state index in [1.165, 1.54) is 18.3 Å². The van der Waals surface area contributed by atoms with Gasteiger partial charge < -0.3 is 10.0 Å². The van der Waals surface area contributed by atoms with Crippen molar-refractivity contribution in [1.82, 2.24) is 14.8 Å². The third-order valence-electron chi connectivity index (χ3n) is 4.08. The number of alkyl halides is 1. The molecule has 0 aromatic carbocycles. The van der Waals surface area contributed by atoms with E-state index in [4.69, 9.17) is 5.11 Å². The van der Waals surface area contributed by atoms with Gasteiger partial charge in [0.2, 0.25) is 0 Å². The lowest BCUT2D eigenvalue weighted by Crippen LogP contribution is -2.52. The van der Waals surface area contributed by atoms with Crippen molar-refractivity contribution < 1.29 is 19.1 Å². The number of pyridine rings is 1. The minimum atomic E-state index is -1.07. The highest BCUT2D eigenvalue weighted by Gasteiger charge is 2.37. The van der Waals surface area contributed by atoms with Gasteiger partial charge in [0.15, 0.2) is 0 Å². The number of hydrogen-bond acceptors (Lipinski definition) is 4. The van der Waals surface area contributed by atoms with Crippen molar-refractivity contribution in [2.45, 2.75) is 18.6 Å². The molecular weight excluding hydrogens is 277 g/mol. The number of carboxylic acids is 1. The zero-order valence-corrected chi connectivity index (χ0v) is 11.4. The summed E-state index contributed by atoms with van der Waals surface area (Å²) in [6.07, 6.45) is 0.840. The Bertz CT molecular complexity index is 563. The van der Waals surface area contributed by atoms with Gasteiger partial charge in [-0.2, -0.15) is 0 Å². The summed E-state index contributed by atoms with van der Waals surface area (Å²) >= 11 is 0. The summed E-state index contributed by atoms with van der Waals surface area (Å²) in [5.74, 6) is -1.30. The fraction of sp³-hybridized carbons (Fsp3) is 0.500. The number of carboxylic acid groups (broad SMARTS) is 1. The first-order valence-electron chi connectivity index (χ1n) is 6.91. The van der Waals surface area contributed by atoms with Crippen LogP contribution in [-0.2, 0) is 0 Å². The smallest absolute Gasteiger partial charge is 0.337 e. The SMILES string of the molecule is O=C(O)c1ccc(C(=O)N2CCN3C[C@@H](F)C[C@H]3C2)nc1. The van der Waals surface area contributed by atoms with Gasteiger partial charge in [-0.1, -0.05) is 0 Å². The quantitative estimate of drug-likeness (QED) is 0.866. The van der Waals surface area contributed by atoms with Crippen molar-refractivity contribution in [2.24, 2.45) is 0 Å². The second kappa shape index (κ2) is 5.40. The van der Waals surface area contributed by atoms with Gasteiger partial charge in [0.25, 0.3) is 5.91 Å². The zero-order chi connectivity index (χ0) is 15.0. The average molecular weight is 293 g/mol. The summed E-state index contributed by atoms with van der Waals surface area (Å²) in [4.78, 5) is 30.8. The van der Waals surface area contributed by atoms with E-state index < -0.39 is 12.1 Å². The number of fused-ring (bicyclic) bond motifs is 1. The highest BCUT2D eigenvalue weighted by molar-refractivity contribution is 5.93. The minimum absolute atomic E-state index is 0.0485. The normalized spacial score (nSPS) is 25.7. The molecule has 2 aliphatic rings. The van der Waals surface area contributed by atoms with Crippen LogP contribution in [0.2, 0.25) is 0 Å². The molecule has 21 heavy (non-hydrogen) atoms. The molecule has 6 nitrogen and oxygen atoms in total. The van der Waals surface area contributed by atoms with Gasteiger partial charge in [0.1, 0.15) is 11.9 Å². The van der Waals surface area contributed by atoms with Crippen molar-refractivity contribution in [2.75, 3.05) is 26.2 Å². The standard InChI is InChI=1S/C14H16FN3O3/c15-10-5-11-8-18(4-3-17(11)7-10)13(19)12-2-1-9(6-16-12)14(20)21/h1-2,6,10-11H,3-5,7-8H2,(H,20,21)/t10-,11-/m0/s1. The lowest BCUT2D eigenvalue weighted by Gasteiger charge is -2.37. The Morgan fingerprint density at radius 1 is 1.29 bits per heavy atom. The van der Waals surface area contributed by atoms with Crippen molar-refractivity contribution >= 4 is 11.9 Å². The molecule has 1 amide bonds. The Morgan fingerprint density at radius 2 is 2.10 bits per heavy atom. The molecule has 2 aliphatic heterocycles. The van der Waals surface area contributed by atoms with Crippen molar-refractivity contribution in [3.8, 4) is 0 Å².